The van der Waals surface area contributed by atoms with Crippen LogP contribution in [0.15, 0.2) is 30.5 Å². The Labute approximate surface area is 88.1 Å². The Morgan fingerprint density at radius 2 is 2.00 bits per heavy atom. The van der Waals surface area contributed by atoms with E-state index in [1.807, 2.05) is 12.1 Å². The van der Waals surface area contributed by atoms with Crippen LogP contribution in [0, 0.1) is 0 Å². The first-order valence-electron chi connectivity index (χ1n) is 5.13. The molecule has 0 amide bonds. The minimum Gasteiger partial charge on any atom is -0.398 e. The Hall–Kier alpha value is -1.61. The van der Waals surface area contributed by atoms with Gasteiger partial charge in [0.25, 0.3) is 0 Å². The van der Waals surface area contributed by atoms with Crippen molar-refractivity contribution in [1.29, 1.82) is 0 Å². The number of benzene rings is 1. The summed E-state index contributed by atoms with van der Waals surface area (Å²) in [5, 5.41) is 1.01. The van der Waals surface area contributed by atoms with Crippen molar-refractivity contribution in [1.82, 2.24) is 4.98 Å². The summed E-state index contributed by atoms with van der Waals surface area (Å²) in [6.07, 6.45) is 3.87. The van der Waals surface area contributed by atoms with Gasteiger partial charge in [0.15, 0.2) is 0 Å². The van der Waals surface area contributed by atoms with E-state index >= 15 is 0 Å². The molecule has 4 N–H and O–H groups in total. The van der Waals surface area contributed by atoms with E-state index in [1.54, 1.807) is 6.20 Å². The molecule has 0 bridgehead atoms. The van der Waals surface area contributed by atoms with E-state index < -0.39 is 0 Å². The van der Waals surface area contributed by atoms with Gasteiger partial charge >= 0.3 is 0 Å². The number of nitrogen functional groups attached to an aromatic ring is 1. The third-order valence-corrected chi connectivity index (χ3v) is 3.14. The van der Waals surface area contributed by atoms with E-state index in [-0.39, 0.29) is 5.54 Å². The molecule has 0 atom stereocenters. The van der Waals surface area contributed by atoms with Crippen LogP contribution >= 0.6 is 0 Å². The molecule has 1 heterocycles. The monoisotopic (exact) mass is 199 g/mol. The van der Waals surface area contributed by atoms with Gasteiger partial charge in [0.05, 0.1) is 5.52 Å². The van der Waals surface area contributed by atoms with Crippen molar-refractivity contribution in [3.63, 3.8) is 0 Å². The molecule has 15 heavy (non-hydrogen) atoms. The number of rotatable bonds is 1. The highest BCUT2D eigenvalue weighted by Gasteiger charge is 2.39. The fourth-order valence-corrected chi connectivity index (χ4v) is 1.90. The first-order valence-corrected chi connectivity index (χ1v) is 5.13. The van der Waals surface area contributed by atoms with E-state index in [9.17, 15) is 0 Å². The largest absolute Gasteiger partial charge is 0.398 e. The maximum Gasteiger partial charge on any atom is 0.0722 e. The predicted molar refractivity (Wildman–Crippen MR) is 61.3 cm³/mol. The average molecular weight is 199 g/mol. The maximum atomic E-state index is 6.15. The Kier molecular flexibility index (Phi) is 1.56. The van der Waals surface area contributed by atoms with Crippen LogP contribution < -0.4 is 11.5 Å². The van der Waals surface area contributed by atoms with Gasteiger partial charge in [-0.05, 0) is 36.6 Å². The fourth-order valence-electron chi connectivity index (χ4n) is 1.90. The number of hydrogen-bond acceptors (Lipinski definition) is 3. The lowest BCUT2D eigenvalue weighted by Crippen LogP contribution is -2.18. The molecule has 1 aliphatic carbocycles. The third-order valence-electron chi connectivity index (χ3n) is 3.14. The summed E-state index contributed by atoms with van der Waals surface area (Å²) in [5.74, 6) is 0. The van der Waals surface area contributed by atoms with Gasteiger partial charge in [0.2, 0.25) is 0 Å². The highest BCUT2D eigenvalue weighted by atomic mass is 14.8. The van der Waals surface area contributed by atoms with E-state index in [0.717, 1.165) is 29.4 Å². The van der Waals surface area contributed by atoms with Crippen molar-refractivity contribution in [3.8, 4) is 0 Å². The van der Waals surface area contributed by atoms with Crippen molar-refractivity contribution < 1.29 is 0 Å². The summed E-state index contributed by atoms with van der Waals surface area (Å²) >= 11 is 0. The van der Waals surface area contributed by atoms with Crippen LogP contribution in [0.5, 0.6) is 0 Å². The number of anilines is 1. The number of hydrogen-bond donors (Lipinski definition) is 2. The zero-order chi connectivity index (χ0) is 10.5. The molecule has 1 aromatic carbocycles. The predicted octanol–water partition coefficient (Wildman–Crippen LogP) is 1.76. The third kappa shape index (κ3) is 1.27. The molecule has 0 radical (unpaired) electrons. The summed E-state index contributed by atoms with van der Waals surface area (Å²) in [6.45, 7) is 0. The zero-order valence-corrected chi connectivity index (χ0v) is 8.40. The summed E-state index contributed by atoms with van der Waals surface area (Å²) in [5.41, 5.74) is 14.8. The highest BCUT2D eigenvalue weighted by molar-refractivity contribution is 5.90. The molecule has 0 aliphatic heterocycles. The molecule has 0 unspecified atom stereocenters. The topological polar surface area (TPSA) is 64.9 Å². The normalized spacial score (nSPS) is 17.9. The second-order valence-electron chi connectivity index (χ2n) is 4.29. The van der Waals surface area contributed by atoms with E-state index in [1.165, 1.54) is 5.56 Å². The number of nitrogens with zero attached hydrogens (tertiary/aromatic N) is 1. The average Bonchev–Trinajstić information content (AvgIpc) is 2.98. The second kappa shape index (κ2) is 2.70. The lowest BCUT2D eigenvalue weighted by molar-refractivity contribution is 0.741. The first-order chi connectivity index (χ1) is 7.19. The SMILES string of the molecule is Nc1ccnc2ccc(C3(N)CC3)cc12. The van der Waals surface area contributed by atoms with Crippen LogP contribution in [0.25, 0.3) is 10.9 Å². The molecule has 1 aromatic heterocycles. The lowest BCUT2D eigenvalue weighted by Gasteiger charge is -2.10. The molecule has 1 aliphatic rings. The number of pyridine rings is 1. The van der Waals surface area contributed by atoms with Gasteiger partial charge in [-0.1, -0.05) is 6.07 Å². The molecule has 3 nitrogen and oxygen atoms in total. The molecular weight excluding hydrogens is 186 g/mol. The molecule has 1 fully saturated rings. The van der Waals surface area contributed by atoms with Crippen LogP contribution in [0.2, 0.25) is 0 Å². The summed E-state index contributed by atoms with van der Waals surface area (Å²) in [7, 11) is 0. The van der Waals surface area contributed by atoms with Crippen LogP contribution in [0.4, 0.5) is 5.69 Å². The van der Waals surface area contributed by atoms with Crippen molar-refractivity contribution in [2.75, 3.05) is 5.73 Å². The standard InChI is InChI=1S/C12H13N3/c13-10-3-6-15-11-2-1-8(7-9(10)11)12(14)4-5-12/h1-3,6-7H,4-5,14H2,(H2,13,15). The highest BCUT2D eigenvalue weighted by Crippen LogP contribution is 2.43. The molecule has 1 saturated carbocycles. The second-order valence-corrected chi connectivity index (χ2v) is 4.29. The Morgan fingerprint density at radius 3 is 2.73 bits per heavy atom. The maximum absolute atomic E-state index is 6.15. The van der Waals surface area contributed by atoms with Gasteiger partial charge in [0.1, 0.15) is 0 Å². The lowest BCUT2D eigenvalue weighted by atomic mass is 10.0. The van der Waals surface area contributed by atoms with Gasteiger partial charge in [-0.3, -0.25) is 4.98 Å². The first kappa shape index (κ1) is 8.68. The van der Waals surface area contributed by atoms with Crippen molar-refractivity contribution in [2.24, 2.45) is 5.73 Å². The summed E-state index contributed by atoms with van der Waals surface area (Å²) in [4.78, 5) is 4.26. The summed E-state index contributed by atoms with van der Waals surface area (Å²) in [6, 6.07) is 7.95. The van der Waals surface area contributed by atoms with E-state index in [2.05, 4.69) is 17.1 Å². The fraction of sp³-hybridized carbons (Fsp3) is 0.250. The molecule has 3 heteroatoms. The Morgan fingerprint density at radius 1 is 1.20 bits per heavy atom. The summed E-state index contributed by atoms with van der Waals surface area (Å²) < 4.78 is 0. The molecular formula is C12H13N3. The van der Waals surface area contributed by atoms with Gasteiger partial charge in [-0.15, -0.1) is 0 Å². The molecule has 3 rings (SSSR count). The van der Waals surface area contributed by atoms with Gasteiger partial charge < -0.3 is 11.5 Å². The van der Waals surface area contributed by atoms with Gasteiger partial charge in [0, 0.05) is 22.8 Å². The number of fused-ring (bicyclic) bond motifs is 1. The Bertz CT molecular complexity index is 529. The van der Waals surface area contributed by atoms with Crippen molar-refractivity contribution >= 4 is 16.6 Å². The van der Waals surface area contributed by atoms with E-state index in [4.69, 9.17) is 11.5 Å². The number of aromatic nitrogens is 1. The molecule has 0 saturated heterocycles. The van der Waals surface area contributed by atoms with Gasteiger partial charge in [-0.2, -0.15) is 0 Å². The minimum atomic E-state index is -0.101. The Balaban J connectivity index is 2.25. The molecule has 2 aromatic rings. The van der Waals surface area contributed by atoms with E-state index in [0.29, 0.717) is 0 Å². The molecule has 76 valence electrons. The zero-order valence-electron chi connectivity index (χ0n) is 8.40. The van der Waals surface area contributed by atoms with Crippen LogP contribution in [0.1, 0.15) is 18.4 Å². The van der Waals surface area contributed by atoms with Gasteiger partial charge in [-0.25, -0.2) is 0 Å². The van der Waals surface area contributed by atoms with Crippen LogP contribution in [-0.2, 0) is 5.54 Å². The quantitative estimate of drug-likeness (QED) is 0.735. The van der Waals surface area contributed by atoms with Crippen LogP contribution in [0.3, 0.4) is 0 Å². The van der Waals surface area contributed by atoms with Crippen molar-refractivity contribution in [3.05, 3.63) is 36.0 Å². The smallest absolute Gasteiger partial charge is 0.0722 e. The molecule has 0 spiro atoms. The number of nitrogens with two attached hydrogens (primary N) is 2. The minimum absolute atomic E-state index is 0.101. The van der Waals surface area contributed by atoms with Crippen LogP contribution in [-0.4, -0.2) is 4.98 Å². The van der Waals surface area contributed by atoms with Crippen molar-refractivity contribution in [2.45, 2.75) is 18.4 Å².